The fraction of sp³-hybridized carbons (Fsp3) is 0.500. The maximum absolute atomic E-state index is 12.4. The van der Waals surface area contributed by atoms with Gasteiger partial charge in [-0.1, -0.05) is 39.0 Å². The predicted molar refractivity (Wildman–Crippen MR) is 107 cm³/mol. The van der Waals surface area contributed by atoms with E-state index in [1.54, 1.807) is 0 Å². The van der Waals surface area contributed by atoms with Gasteiger partial charge in [0.25, 0.3) is 0 Å². The Morgan fingerprint density at radius 3 is 2.62 bits per heavy atom. The third-order valence-corrected chi connectivity index (χ3v) is 10.1. The third kappa shape index (κ3) is 3.35. The molecule has 1 aliphatic heterocycles. The van der Waals surface area contributed by atoms with Crippen LogP contribution in [0.15, 0.2) is 30.3 Å². The minimum absolute atomic E-state index is 0.0446. The Morgan fingerprint density at radius 1 is 1.27 bits per heavy atom. The summed E-state index contributed by atoms with van der Waals surface area (Å²) in [5.74, 6) is 0.164. The van der Waals surface area contributed by atoms with Gasteiger partial charge in [0.1, 0.15) is 11.7 Å². The lowest BCUT2D eigenvalue weighted by molar-refractivity contribution is -0.148. The summed E-state index contributed by atoms with van der Waals surface area (Å²) in [6.07, 6.45) is -0.350. The fourth-order valence-corrected chi connectivity index (χ4v) is 4.30. The lowest BCUT2D eigenvalue weighted by Gasteiger charge is -2.42. The van der Waals surface area contributed by atoms with E-state index in [9.17, 15) is 4.79 Å². The first-order valence-corrected chi connectivity index (χ1v) is 11.9. The van der Waals surface area contributed by atoms with Crippen molar-refractivity contribution in [2.45, 2.75) is 45.0 Å². The molecule has 5 nitrogen and oxygen atoms in total. The number of rotatable bonds is 3. The molecule has 2 aromatic rings. The van der Waals surface area contributed by atoms with Crippen LogP contribution in [0, 0.1) is 5.92 Å². The first kappa shape index (κ1) is 18.9. The van der Waals surface area contributed by atoms with Crippen molar-refractivity contribution in [1.29, 1.82) is 0 Å². The minimum atomic E-state index is -2.09. The van der Waals surface area contributed by atoms with E-state index in [1.807, 2.05) is 24.3 Å². The Balaban J connectivity index is 2.10. The lowest BCUT2D eigenvalue weighted by Crippen LogP contribution is -2.46. The van der Waals surface area contributed by atoms with Gasteiger partial charge in [-0.3, -0.25) is 4.79 Å². The summed E-state index contributed by atoms with van der Waals surface area (Å²) in [4.78, 5) is 17.2. The van der Waals surface area contributed by atoms with Gasteiger partial charge in [-0.2, -0.15) is 0 Å². The second-order valence-corrected chi connectivity index (χ2v) is 13.2. The van der Waals surface area contributed by atoms with E-state index in [0.717, 1.165) is 22.3 Å². The van der Waals surface area contributed by atoms with Crippen LogP contribution in [0.5, 0.6) is 0 Å². The zero-order valence-electron chi connectivity index (χ0n) is 16.4. The Kier molecular flexibility index (Phi) is 4.83. The molecule has 1 N–H and O–H groups in total. The topological polar surface area (TPSA) is 60.5 Å². The van der Waals surface area contributed by atoms with Crippen molar-refractivity contribution >= 4 is 31.0 Å². The molecule has 0 spiro atoms. The van der Waals surface area contributed by atoms with Gasteiger partial charge in [-0.05, 0) is 30.3 Å². The van der Waals surface area contributed by atoms with Gasteiger partial charge in [0.05, 0.1) is 18.7 Å². The molecule has 2 atom stereocenters. The van der Waals surface area contributed by atoms with Crippen LogP contribution >= 0.6 is 0 Å². The van der Waals surface area contributed by atoms with E-state index in [0.29, 0.717) is 6.54 Å². The number of carbonyl (C=O) groups excluding carboxylic acids is 1. The maximum Gasteiger partial charge on any atom is 0.313 e. The highest BCUT2D eigenvalue weighted by molar-refractivity contribution is 6.74. The third-order valence-electron chi connectivity index (χ3n) is 5.65. The number of anilines is 1. The van der Waals surface area contributed by atoms with Crippen molar-refractivity contribution < 1.29 is 14.0 Å². The number of nitrogens with one attached hydrogen (secondary N) is 1. The molecule has 2 heterocycles. The average Bonchev–Trinajstić information content (AvgIpc) is 2.58. The Morgan fingerprint density at radius 2 is 1.96 bits per heavy atom. The van der Waals surface area contributed by atoms with Crippen LogP contribution in [0.3, 0.4) is 0 Å². The summed E-state index contributed by atoms with van der Waals surface area (Å²) in [5, 5.41) is 4.39. The summed E-state index contributed by atoms with van der Waals surface area (Å²) in [6, 6.07) is 10.1. The zero-order chi connectivity index (χ0) is 19.1. The predicted octanol–water partition coefficient (Wildman–Crippen LogP) is 4.51. The molecule has 0 fully saturated rings. The van der Waals surface area contributed by atoms with Crippen LogP contribution in [0.2, 0.25) is 18.1 Å². The highest BCUT2D eigenvalue weighted by Crippen LogP contribution is 2.45. The van der Waals surface area contributed by atoms with Crippen molar-refractivity contribution in [3.63, 3.8) is 0 Å². The summed E-state index contributed by atoms with van der Waals surface area (Å²) in [7, 11) is -0.662. The SMILES string of the molecule is COC(=O)[C@H]1CNc2nc3ccccc3cc2[C@H]1O[Si](C)(C)C(C)(C)C. The van der Waals surface area contributed by atoms with Gasteiger partial charge in [0.2, 0.25) is 0 Å². The Bertz CT molecular complexity index is 829. The molecule has 140 valence electrons. The lowest BCUT2D eigenvalue weighted by atomic mass is 9.92. The molecule has 0 radical (unpaired) electrons. The number of pyridine rings is 1. The summed E-state index contributed by atoms with van der Waals surface area (Å²) in [5.41, 5.74) is 1.87. The van der Waals surface area contributed by atoms with Gasteiger partial charge >= 0.3 is 5.97 Å². The van der Waals surface area contributed by atoms with E-state index < -0.39 is 8.32 Å². The maximum atomic E-state index is 12.4. The smallest absolute Gasteiger partial charge is 0.313 e. The number of ether oxygens (including phenoxy) is 1. The van der Waals surface area contributed by atoms with E-state index in [2.05, 4.69) is 45.2 Å². The molecule has 6 heteroatoms. The molecule has 3 rings (SSSR count). The number of nitrogens with zero attached hydrogens (tertiary/aromatic N) is 1. The first-order valence-electron chi connectivity index (χ1n) is 9.03. The van der Waals surface area contributed by atoms with Crippen LogP contribution in [0.25, 0.3) is 10.9 Å². The first-order chi connectivity index (χ1) is 12.1. The van der Waals surface area contributed by atoms with Crippen molar-refractivity contribution in [3.8, 4) is 0 Å². The monoisotopic (exact) mass is 372 g/mol. The molecule has 0 aliphatic carbocycles. The second-order valence-electron chi connectivity index (χ2n) is 8.43. The molecule has 0 unspecified atom stereocenters. The average molecular weight is 373 g/mol. The molecule has 0 saturated carbocycles. The van der Waals surface area contributed by atoms with E-state index in [4.69, 9.17) is 14.1 Å². The number of para-hydroxylation sites is 1. The van der Waals surface area contributed by atoms with Crippen molar-refractivity contribution in [2.24, 2.45) is 5.92 Å². The number of methoxy groups -OCH3 is 1. The van der Waals surface area contributed by atoms with Crippen molar-refractivity contribution in [2.75, 3.05) is 19.0 Å². The number of hydrogen-bond donors (Lipinski definition) is 1. The molecule has 1 aromatic carbocycles. The molecule has 0 amide bonds. The number of fused-ring (bicyclic) bond motifs is 2. The highest BCUT2D eigenvalue weighted by Gasteiger charge is 2.45. The van der Waals surface area contributed by atoms with Gasteiger partial charge in [0, 0.05) is 17.5 Å². The van der Waals surface area contributed by atoms with Crippen LogP contribution in [-0.2, 0) is 14.0 Å². The van der Waals surface area contributed by atoms with E-state index in [-0.39, 0.29) is 23.0 Å². The van der Waals surface area contributed by atoms with Gasteiger partial charge in [-0.15, -0.1) is 0 Å². The largest absolute Gasteiger partial charge is 0.469 e. The number of esters is 1. The number of carbonyl (C=O) groups is 1. The zero-order valence-corrected chi connectivity index (χ0v) is 17.4. The summed E-state index contributed by atoms with van der Waals surface area (Å²) >= 11 is 0. The molecular weight excluding hydrogens is 344 g/mol. The standard InChI is InChI=1S/C20H28N2O3Si/c1-20(2,3)26(5,6)25-17-14-11-13-9-7-8-10-16(13)22-18(14)21-12-15(17)19(23)24-4/h7-11,15,17H,12H2,1-6H3,(H,21,22)/t15-,17+/m0/s1. The van der Waals surface area contributed by atoms with Crippen LogP contribution in [0.4, 0.5) is 5.82 Å². The molecular formula is C20H28N2O3Si. The second kappa shape index (κ2) is 6.67. The van der Waals surface area contributed by atoms with Gasteiger partial charge in [0.15, 0.2) is 8.32 Å². The van der Waals surface area contributed by atoms with Crippen LogP contribution in [0.1, 0.15) is 32.4 Å². The fourth-order valence-electron chi connectivity index (χ4n) is 3.02. The quantitative estimate of drug-likeness (QED) is 0.634. The molecule has 26 heavy (non-hydrogen) atoms. The number of aromatic nitrogens is 1. The summed E-state index contributed by atoms with van der Waals surface area (Å²) in [6.45, 7) is 11.5. The normalized spacial score (nSPS) is 20.4. The Hall–Kier alpha value is -1.92. The highest BCUT2D eigenvalue weighted by atomic mass is 28.4. The molecule has 1 aliphatic rings. The van der Waals surface area contributed by atoms with Crippen LogP contribution < -0.4 is 5.32 Å². The molecule has 0 saturated heterocycles. The van der Waals surface area contributed by atoms with Crippen LogP contribution in [-0.4, -0.2) is 32.9 Å². The van der Waals surface area contributed by atoms with E-state index >= 15 is 0 Å². The molecule has 1 aromatic heterocycles. The van der Waals surface area contributed by atoms with Crippen molar-refractivity contribution in [3.05, 3.63) is 35.9 Å². The van der Waals surface area contributed by atoms with Gasteiger partial charge in [-0.25, -0.2) is 4.98 Å². The van der Waals surface area contributed by atoms with Gasteiger partial charge < -0.3 is 14.5 Å². The molecule has 0 bridgehead atoms. The van der Waals surface area contributed by atoms with E-state index in [1.165, 1.54) is 7.11 Å². The number of hydrogen-bond acceptors (Lipinski definition) is 5. The van der Waals surface area contributed by atoms with Crippen molar-refractivity contribution in [1.82, 2.24) is 4.98 Å². The number of benzene rings is 1. The summed E-state index contributed by atoms with van der Waals surface area (Å²) < 4.78 is 11.8. The Labute approximate surface area is 156 Å². The minimum Gasteiger partial charge on any atom is -0.469 e.